The number of carbonyl (C=O) groups excluding carboxylic acids is 1. The quantitative estimate of drug-likeness (QED) is 0.658. The van der Waals surface area contributed by atoms with Gasteiger partial charge >= 0.3 is 6.18 Å². The van der Waals surface area contributed by atoms with E-state index in [1.54, 1.807) is 13.8 Å². The van der Waals surface area contributed by atoms with Crippen molar-refractivity contribution in [3.8, 4) is 0 Å². The zero-order valence-corrected chi connectivity index (χ0v) is 10.9. The maximum Gasteiger partial charge on any atom is 0.418 e. The third kappa shape index (κ3) is 3.37. The van der Waals surface area contributed by atoms with Crippen LogP contribution in [0.3, 0.4) is 0 Å². The number of hydrazine groups is 1. The molecule has 0 aliphatic carbocycles. The Morgan fingerprint density at radius 1 is 1.37 bits per heavy atom. The minimum absolute atomic E-state index is 0.0254. The van der Waals surface area contributed by atoms with E-state index in [2.05, 4.69) is 0 Å². The average Bonchev–Trinajstić information content (AvgIpc) is 2.35. The van der Waals surface area contributed by atoms with Crippen LogP contribution in [-0.4, -0.2) is 23.9 Å². The van der Waals surface area contributed by atoms with Gasteiger partial charge in [-0.1, -0.05) is 0 Å². The van der Waals surface area contributed by atoms with Crippen LogP contribution in [0.25, 0.3) is 0 Å². The number of anilines is 1. The number of carbonyl (C=O) groups is 1. The molecule has 0 radical (unpaired) electrons. The van der Waals surface area contributed by atoms with E-state index >= 15 is 0 Å². The van der Waals surface area contributed by atoms with Crippen molar-refractivity contribution >= 4 is 11.6 Å². The summed E-state index contributed by atoms with van der Waals surface area (Å²) < 4.78 is 38.5. The van der Waals surface area contributed by atoms with E-state index in [1.807, 2.05) is 5.43 Å². The molecule has 3 N–H and O–H groups in total. The number of hydrogen-bond donors (Lipinski definition) is 2. The van der Waals surface area contributed by atoms with Gasteiger partial charge in [-0.3, -0.25) is 10.6 Å². The van der Waals surface area contributed by atoms with Crippen molar-refractivity contribution in [3.05, 3.63) is 29.3 Å². The number of rotatable bonds is 3. The van der Waals surface area contributed by atoms with Gasteiger partial charge in [0, 0.05) is 18.7 Å². The van der Waals surface area contributed by atoms with Gasteiger partial charge in [0.1, 0.15) is 0 Å². The Morgan fingerprint density at radius 3 is 2.37 bits per heavy atom. The number of hydrogen-bond acceptors (Lipinski definition) is 3. The van der Waals surface area contributed by atoms with Crippen molar-refractivity contribution in [2.45, 2.75) is 26.1 Å². The third-order valence-electron chi connectivity index (χ3n) is 2.82. The first-order valence-electron chi connectivity index (χ1n) is 5.63. The molecule has 0 heterocycles. The van der Waals surface area contributed by atoms with Crippen LogP contribution in [0, 0.1) is 0 Å². The van der Waals surface area contributed by atoms with E-state index in [0.717, 1.165) is 12.1 Å². The predicted molar refractivity (Wildman–Crippen MR) is 66.5 cm³/mol. The number of amides is 1. The van der Waals surface area contributed by atoms with Crippen LogP contribution in [0.2, 0.25) is 0 Å². The molecule has 1 rings (SSSR count). The lowest BCUT2D eigenvalue weighted by molar-refractivity contribution is -0.137. The Labute approximate surface area is 109 Å². The van der Waals surface area contributed by atoms with Crippen molar-refractivity contribution in [2.24, 2.45) is 5.84 Å². The fourth-order valence-corrected chi connectivity index (χ4v) is 1.48. The van der Waals surface area contributed by atoms with E-state index in [4.69, 9.17) is 5.84 Å². The zero-order chi connectivity index (χ0) is 14.8. The summed E-state index contributed by atoms with van der Waals surface area (Å²) in [6.45, 7) is 3.55. The Kier molecular flexibility index (Phi) is 4.41. The highest BCUT2D eigenvalue weighted by Gasteiger charge is 2.34. The molecule has 4 nitrogen and oxygen atoms in total. The van der Waals surface area contributed by atoms with Crippen molar-refractivity contribution in [2.75, 3.05) is 12.5 Å². The third-order valence-corrected chi connectivity index (χ3v) is 2.82. The number of nitrogens with one attached hydrogen (secondary N) is 1. The van der Waals surface area contributed by atoms with E-state index in [1.165, 1.54) is 18.0 Å². The van der Waals surface area contributed by atoms with Crippen LogP contribution < -0.4 is 11.3 Å². The highest BCUT2D eigenvalue weighted by atomic mass is 19.4. The predicted octanol–water partition coefficient (Wildman–Crippen LogP) is 2.47. The van der Waals surface area contributed by atoms with E-state index in [0.29, 0.717) is 0 Å². The summed E-state index contributed by atoms with van der Waals surface area (Å²) in [6, 6.07) is 3.15. The molecule has 1 amide bonds. The minimum atomic E-state index is -4.58. The fourth-order valence-electron chi connectivity index (χ4n) is 1.48. The average molecular weight is 275 g/mol. The summed E-state index contributed by atoms with van der Waals surface area (Å²) >= 11 is 0. The second-order valence-corrected chi connectivity index (χ2v) is 4.41. The topological polar surface area (TPSA) is 58.4 Å². The largest absolute Gasteiger partial charge is 0.418 e. The summed E-state index contributed by atoms with van der Waals surface area (Å²) in [5, 5.41) is 0. The van der Waals surface area contributed by atoms with Gasteiger partial charge in [-0.05, 0) is 32.0 Å². The highest BCUT2D eigenvalue weighted by Crippen LogP contribution is 2.35. The summed E-state index contributed by atoms with van der Waals surface area (Å²) in [7, 11) is 1.54. The van der Waals surface area contributed by atoms with Crippen LogP contribution in [0.15, 0.2) is 18.2 Å². The van der Waals surface area contributed by atoms with Gasteiger partial charge in [0.05, 0.1) is 11.3 Å². The van der Waals surface area contributed by atoms with Crippen molar-refractivity contribution in [1.82, 2.24) is 4.90 Å². The van der Waals surface area contributed by atoms with Gasteiger partial charge in [0.25, 0.3) is 5.91 Å². The monoisotopic (exact) mass is 275 g/mol. The Hall–Kier alpha value is -1.76. The Bertz CT molecular complexity index is 472. The maximum atomic E-state index is 12.8. The van der Waals surface area contributed by atoms with Crippen LogP contribution in [0.5, 0.6) is 0 Å². The Balaban J connectivity index is 3.23. The molecule has 0 saturated heterocycles. The van der Waals surface area contributed by atoms with E-state index in [-0.39, 0.29) is 17.3 Å². The maximum absolute atomic E-state index is 12.8. The first-order chi connectivity index (χ1) is 8.68. The fraction of sp³-hybridized carbons (Fsp3) is 0.417. The summed E-state index contributed by atoms with van der Waals surface area (Å²) in [5.41, 5.74) is 0.722. The van der Waals surface area contributed by atoms with E-state index < -0.39 is 17.6 Å². The molecule has 1 aromatic rings. The number of nitrogen functional groups attached to an aromatic ring is 1. The zero-order valence-electron chi connectivity index (χ0n) is 10.9. The van der Waals surface area contributed by atoms with Gasteiger partial charge < -0.3 is 10.3 Å². The number of benzene rings is 1. The van der Waals surface area contributed by atoms with Crippen molar-refractivity contribution in [1.29, 1.82) is 0 Å². The van der Waals surface area contributed by atoms with Gasteiger partial charge in [-0.25, -0.2) is 0 Å². The summed E-state index contributed by atoms with van der Waals surface area (Å²) in [6.07, 6.45) is -4.58. The molecule has 1 aromatic carbocycles. The van der Waals surface area contributed by atoms with Gasteiger partial charge in [-0.15, -0.1) is 0 Å². The molecule has 19 heavy (non-hydrogen) atoms. The Morgan fingerprint density at radius 2 is 1.95 bits per heavy atom. The van der Waals surface area contributed by atoms with Crippen molar-refractivity contribution in [3.63, 3.8) is 0 Å². The molecule has 0 bridgehead atoms. The first kappa shape index (κ1) is 15.3. The molecule has 0 aliphatic heterocycles. The second-order valence-electron chi connectivity index (χ2n) is 4.41. The minimum Gasteiger partial charge on any atom is -0.339 e. The molecule has 7 heteroatoms. The smallest absolute Gasteiger partial charge is 0.339 e. The SMILES string of the molecule is CC(C)N(C)C(=O)c1ccc(NN)c(C(F)(F)F)c1. The molecule has 0 spiro atoms. The number of alkyl halides is 3. The lowest BCUT2D eigenvalue weighted by atomic mass is 10.1. The molecule has 0 fully saturated rings. The summed E-state index contributed by atoms with van der Waals surface area (Å²) in [4.78, 5) is 13.3. The molecule has 0 atom stereocenters. The van der Waals surface area contributed by atoms with Gasteiger partial charge in [0.2, 0.25) is 0 Å². The molecule has 0 unspecified atom stereocenters. The van der Waals surface area contributed by atoms with E-state index in [9.17, 15) is 18.0 Å². The normalized spacial score (nSPS) is 11.6. The van der Waals surface area contributed by atoms with Gasteiger partial charge in [0.15, 0.2) is 0 Å². The highest BCUT2D eigenvalue weighted by molar-refractivity contribution is 5.95. The van der Waals surface area contributed by atoms with Gasteiger partial charge in [-0.2, -0.15) is 13.2 Å². The molecule has 106 valence electrons. The van der Waals surface area contributed by atoms with Crippen LogP contribution >= 0.6 is 0 Å². The number of nitrogens with two attached hydrogens (primary N) is 1. The lowest BCUT2D eigenvalue weighted by Gasteiger charge is -2.22. The molecule has 0 aromatic heterocycles. The number of nitrogens with zero attached hydrogens (tertiary/aromatic N) is 1. The molecule has 0 saturated carbocycles. The standard InChI is InChI=1S/C12H16F3N3O/c1-7(2)18(3)11(19)8-4-5-10(17-16)9(6-8)12(13,14)15/h4-7,17H,16H2,1-3H3. The lowest BCUT2D eigenvalue weighted by Crippen LogP contribution is -2.33. The van der Waals surface area contributed by atoms with Crippen LogP contribution in [0.4, 0.5) is 18.9 Å². The summed E-state index contributed by atoms with van der Waals surface area (Å²) in [5.74, 6) is 4.57. The molecular weight excluding hydrogens is 259 g/mol. The number of halogens is 3. The first-order valence-corrected chi connectivity index (χ1v) is 5.63. The van der Waals surface area contributed by atoms with Crippen LogP contribution in [-0.2, 0) is 6.18 Å². The van der Waals surface area contributed by atoms with Crippen LogP contribution in [0.1, 0.15) is 29.8 Å². The molecular formula is C12H16F3N3O. The molecule has 0 aliphatic rings. The second kappa shape index (κ2) is 5.48. The van der Waals surface area contributed by atoms with Crippen molar-refractivity contribution < 1.29 is 18.0 Å².